The predicted molar refractivity (Wildman–Crippen MR) is 98.8 cm³/mol. The average molecular weight is 366 g/mol. The fraction of sp³-hybridized carbons (Fsp3) is 0.211. The minimum atomic E-state index is -0.469. The van der Waals surface area contributed by atoms with Gasteiger partial charge in [0.15, 0.2) is 11.5 Å². The summed E-state index contributed by atoms with van der Waals surface area (Å²) in [5.41, 5.74) is 1.40. The Labute approximate surface area is 155 Å². The van der Waals surface area contributed by atoms with Crippen LogP contribution in [0.5, 0.6) is 11.5 Å². The second kappa shape index (κ2) is 6.64. The first-order chi connectivity index (χ1) is 13.1. The molecule has 4 rings (SSSR count). The first-order valence-corrected chi connectivity index (χ1v) is 8.53. The highest BCUT2D eigenvalue weighted by Gasteiger charge is 2.19. The lowest BCUT2D eigenvalue weighted by molar-refractivity contribution is 0.102. The highest BCUT2D eigenvalue weighted by atomic mass is 16.7. The van der Waals surface area contributed by atoms with Crippen molar-refractivity contribution in [1.29, 1.82) is 0 Å². The van der Waals surface area contributed by atoms with E-state index in [1.807, 2.05) is 6.92 Å². The topological polar surface area (TPSA) is 87.4 Å². The van der Waals surface area contributed by atoms with Crippen LogP contribution in [0.2, 0.25) is 0 Å². The molecule has 8 heteroatoms. The van der Waals surface area contributed by atoms with Gasteiger partial charge in [0.2, 0.25) is 6.79 Å². The van der Waals surface area contributed by atoms with Gasteiger partial charge >= 0.3 is 0 Å². The lowest BCUT2D eigenvalue weighted by Crippen LogP contribution is -2.29. The van der Waals surface area contributed by atoms with Crippen molar-refractivity contribution in [3.05, 3.63) is 64.3 Å². The zero-order valence-corrected chi connectivity index (χ0v) is 14.9. The fourth-order valence-electron chi connectivity index (χ4n) is 2.94. The Morgan fingerprint density at radius 1 is 1.26 bits per heavy atom. The van der Waals surface area contributed by atoms with Crippen LogP contribution in [0.25, 0.3) is 5.69 Å². The maximum atomic E-state index is 13.0. The van der Waals surface area contributed by atoms with Crippen LogP contribution >= 0.6 is 0 Å². The van der Waals surface area contributed by atoms with Crippen molar-refractivity contribution >= 4 is 11.6 Å². The SMILES string of the molecule is CCn1cc(NC(=O)c2c(C)ccn(-c3ccc4c(c3)OCO4)c2=O)cn1. The minimum Gasteiger partial charge on any atom is -0.454 e. The van der Waals surface area contributed by atoms with Crippen LogP contribution in [-0.4, -0.2) is 27.0 Å². The van der Waals surface area contributed by atoms with Crippen LogP contribution in [0.3, 0.4) is 0 Å². The molecule has 0 radical (unpaired) electrons. The molecule has 1 aromatic carbocycles. The number of pyridine rings is 1. The maximum absolute atomic E-state index is 13.0. The van der Waals surface area contributed by atoms with Crippen LogP contribution in [0.4, 0.5) is 5.69 Å². The molecule has 0 unspecified atom stereocenters. The first-order valence-electron chi connectivity index (χ1n) is 8.53. The Morgan fingerprint density at radius 2 is 2.07 bits per heavy atom. The van der Waals surface area contributed by atoms with Gasteiger partial charge in [0.1, 0.15) is 5.56 Å². The van der Waals surface area contributed by atoms with Crippen molar-refractivity contribution in [2.24, 2.45) is 0 Å². The third kappa shape index (κ3) is 3.05. The van der Waals surface area contributed by atoms with Crippen molar-refractivity contribution in [1.82, 2.24) is 14.3 Å². The third-order valence-corrected chi connectivity index (χ3v) is 4.38. The smallest absolute Gasteiger partial charge is 0.268 e. The normalized spacial score (nSPS) is 12.2. The van der Waals surface area contributed by atoms with E-state index in [0.717, 1.165) is 0 Å². The number of aryl methyl sites for hydroxylation is 2. The van der Waals surface area contributed by atoms with Gasteiger partial charge in [-0.3, -0.25) is 18.8 Å². The standard InChI is InChI=1S/C19H18N4O4/c1-3-22-10-13(9-20-22)21-18(24)17-12(2)6-7-23(19(17)25)14-4-5-15-16(8-14)27-11-26-15/h4-10H,3,11H2,1-2H3,(H,21,24). The zero-order valence-electron chi connectivity index (χ0n) is 14.9. The Bertz CT molecular complexity index is 1080. The molecule has 1 amide bonds. The summed E-state index contributed by atoms with van der Waals surface area (Å²) in [6.45, 7) is 4.53. The van der Waals surface area contributed by atoms with E-state index in [9.17, 15) is 9.59 Å². The highest BCUT2D eigenvalue weighted by Crippen LogP contribution is 2.33. The number of nitrogens with zero attached hydrogens (tertiary/aromatic N) is 3. The van der Waals surface area contributed by atoms with Gasteiger partial charge < -0.3 is 14.8 Å². The molecule has 8 nitrogen and oxygen atoms in total. The van der Waals surface area contributed by atoms with E-state index in [2.05, 4.69) is 10.4 Å². The molecule has 0 saturated carbocycles. The molecule has 3 heterocycles. The Kier molecular flexibility index (Phi) is 4.15. The van der Waals surface area contributed by atoms with Crippen LogP contribution in [0.15, 0.2) is 47.7 Å². The number of carbonyl (C=O) groups excluding carboxylic acids is 1. The molecule has 0 saturated heterocycles. The Morgan fingerprint density at radius 3 is 2.85 bits per heavy atom. The van der Waals surface area contributed by atoms with E-state index in [1.54, 1.807) is 54.5 Å². The molecule has 0 bridgehead atoms. The summed E-state index contributed by atoms with van der Waals surface area (Å²) in [4.78, 5) is 25.7. The van der Waals surface area contributed by atoms with Gasteiger partial charge in [-0.15, -0.1) is 0 Å². The quantitative estimate of drug-likeness (QED) is 0.766. The van der Waals surface area contributed by atoms with E-state index in [-0.39, 0.29) is 12.4 Å². The van der Waals surface area contributed by atoms with E-state index in [4.69, 9.17) is 9.47 Å². The molecule has 27 heavy (non-hydrogen) atoms. The van der Waals surface area contributed by atoms with Gasteiger partial charge in [0.05, 0.1) is 17.6 Å². The maximum Gasteiger partial charge on any atom is 0.268 e. The average Bonchev–Trinajstić information content (AvgIpc) is 3.30. The monoisotopic (exact) mass is 366 g/mol. The van der Waals surface area contributed by atoms with Gasteiger partial charge in [-0.05, 0) is 37.6 Å². The highest BCUT2D eigenvalue weighted by molar-refractivity contribution is 6.04. The number of anilines is 1. The molecule has 1 aliphatic rings. The summed E-state index contributed by atoms with van der Waals surface area (Å²) in [6.07, 6.45) is 4.91. The number of nitrogens with one attached hydrogen (secondary N) is 1. The second-order valence-electron chi connectivity index (χ2n) is 6.13. The zero-order chi connectivity index (χ0) is 19.0. The number of benzene rings is 1. The molecule has 1 N–H and O–H groups in total. The van der Waals surface area contributed by atoms with Gasteiger partial charge in [-0.1, -0.05) is 0 Å². The van der Waals surface area contributed by atoms with Gasteiger partial charge in [0, 0.05) is 25.0 Å². The molecule has 138 valence electrons. The summed E-state index contributed by atoms with van der Waals surface area (Å²) in [6, 6.07) is 6.93. The molecule has 0 aliphatic carbocycles. The first kappa shape index (κ1) is 16.9. The second-order valence-corrected chi connectivity index (χ2v) is 6.13. The molecular formula is C19H18N4O4. The van der Waals surface area contributed by atoms with E-state index < -0.39 is 11.5 Å². The number of ether oxygens (including phenoxy) is 2. The van der Waals surface area contributed by atoms with E-state index in [1.165, 1.54) is 4.57 Å². The molecule has 3 aromatic rings. The lowest BCUT2D eigenvalue weighted by atomic mass is 10.1. The number of aromatic nitrogens is 3. The van der Waals surface area contributed by atoms with Crippen molar-refractivity contribution in [2.45, 2.75) is 20.4 Å². The number of hydrogen-bond donors (Lipinski definition) is 1. The molecular weight excluding hydrogens is 348 g/mol. The molecule has 0 spiro atoms. The number of rotatable bonds is 4. The number of carbonyl (C=O) groups is 1. The molecule has 0 fully saturated rings. The van der Waals surface area contributed by atoms with Crippen molar-refractivity contribution in [2.75, 3.05) is 12.1 Å². The number of amides is 1. The number of fused-ring (bicyclic) bond motifs is 1. The van der Waals surface area contributed by atoms with Crippen LogP contribution < -0.4 is 20.3 Å². The Balaban J connectivity index is 1.70. The lowest BCUT2D eigenvalue weighted by Gasteiger charge is -2.11. The van der Waals surface area contributed by atoms with Crippen molar-refractivity contribution < 1.29 is 14.3 Å². The number of hydrogen-bond acceptors (Lipinski definition) is 5. The van der Waals surface area contributed by atoms with E-state index >= 15 is 0 Å². The van der Waals surface area contributed by atoms with Crippen LogP contribution in [-0.2, 0) is 6.54 Å². The fourth-order valence-corrected chi connectivity index (χ4v) is 2.94. The van der Waals surface area contributed by atoms with Gasteiger partial charge in [-0.2, -0.15) is 5.10 Å². The third-order valence-electron chi connectivity index (χ3n) is 4.38. The minimum absolute atomic E-state index is 0.0828. The Hall–Kier alpha value is -3.55. The largest absolute Gasteiger partial charge is 0.454 e. The van der Waals surface area contributed by atoms with E-state index in [0.29, 0.717) is 35.0 Å². The van der Waals surface area contributed by atoms with Gasteiger partial charge in [0.25, 0.3) is 11.5 Å². The van der Waals surface area contributed by atoms with Crippen molar-refractivity contribution in [3.8, 4) is 17.2 Å². The summed E-state index contributed by atoms with van der Waals surface area (Å²) >= 11 is 0. The van der Waals surface area contributed by atoms with Crippen LogP contribution in [0, 0.1) is 6.92 Å². The molecule has 1 aliphatic heterocycles. The summed E-state index contributed by atoms with van der Waals surface area (Å²) in [7, 11) is 0. The predicted octanol–water partition coefficient (Wildman–Crippen LogP) is 2.34. The van der Waals surface area contributed by atoms with Crippen molar-refractivity contribution in [3.63, 3.8) is 0 Å². The summed E-state index contributed by atoms with van der Waals surface area (Å²) in [5.74, 6) is 0.728. The van der Waals surface area contributed by atoms with Gasteiger partial charge in [-0.25, -0.2) is 0 Å². The summed E-state index contributed by atoms with van der Waals surface area (Å²) in [5, 5.41) is 6.85. The molecule has 2 aromatic heterocycles. The molecule has 0 atom stereocenters. The summed E-state index contributed by atoms with van der Waals surface area (Å²) < 4.78 is 13.8. The van der Waals surface area contributed by atoms with Crippen LogP contribution in [0.1, 0.15) is 22.8 Å².